The van der Waals surface area contributed by atoms with Gasteiger partial charge in [-0.25, -0.2) is 0 Å². The van der Waals surface area contributed by atoms with Crippen LogP contribution >= 0.6 is 12.0 Å². The highest BCUT2D eigenvalue weighted by molar-refractivity contribution is 7.93. The van der Waals surface area contributed by atoms with Crippen molar-refractivity contribution in [2.24, 2.45) is 0 Å². The lowest BCUT2D eigenvalue weighted by Crippen LogP contribution is -2.00. The molecule has 124 valence electrons. The lowest BCUT2D eigenvalue weighted by molar-refractivity contribution is 0.310. The molecule has 0 fully saturated rings. The number of hydrogen-bond donors (Lipinski definition) is 0. The van der Waals surface area contributed by atoms with Crippen LogP contribution in [0.4, 0.5) is 0 Å². The number of benzene rings is 2. The summed E-state index contributed by atoms with van der Waals surface area (Å²) in [5.41, 5.74) is 2.55. The van der Waals surface area contributed by atoms with Crippen LogP contribution < -0.4 is 9.47 Å². The van der Waals surface area contributed by atoms with Gasteiger partial charge in [0.2, 0.25) is 0 Å². The van der Waals surface area contributed by atoms with Gasteiger partial charge >= 0.3 is 0 Å². The molecule has 2 rings (SSSR count). The SMILES string of the molecule is COc1ccc(CCCOc2cccc(CCOSC)c2)cc1. The van der Waals surface area contributed by atoms with Gasteiger partial charge in [0.25, 0.3) is 0 Å². The van der Waals surface area contributed by atoms with Gasteiger partial charge in [0.1, 0.15) is 11.5 Å². The molecule has 0 bridgehead atoms. The van der Waals surface area contributed by atoms with Gasteiger partial charge in [0, 0.05) is 6.26 Å². The van der Waals surface area contributed by atoms with E-state index in [9.17, 15) is 0 Å². The molecule has 0 heterocycles. The Bertz CT molecular complexity index is 569. The van der Waals surface area contributed by atoms with Crippen molar-refractivity contribution in [1.82, 2.24) is 0 Å². The van der Waals surface area contributed by atoms with Crippen molar-refractivity contribution in [1.29, 1.82) is 0 Å². The smallest absolute Gasteiger partial charge is 0.119 e. The summed E-state index contributed by atoms with van der Waals surface area (Å²) in [5, 5.41) is 0. The molecule has 2 aromatic carbocycles. The van der Waals surface area contributed by atoms with Gasteiger partial charge in [-0.2, -0.15) is 0 Å². The number of aryl methyl sites for hydroxylation is 1. The highest BCUT2D eigenvalue weighted by Gasteiger charge is 1.99. The lowest BCUT2D eigenvalue weighted by Gasteiger charge is -2.08. The lowest BCUT2D eigenvalue weighted by atomic mass is 10.1. The standard InChI is InChI=1S/C19H24O3S/c1-20-18-10-8-16(9-11-18)6-4-13-21-19-7-3-5-17(15-19)12-14-22-23-2/h3,5,7-11,15H,4,6,12-14H2,1-2H3. The fourth-order valence-corrected chi connectivity index (χ4v) is 2.54. The maximum Gasteiger partial charge on any atom is 0.119 e. The Kier molecular flexibility index (Phi) is 7.84. The topological polar surface area (TPSA) is 27.7 Å². The van der Waals surface area contributed by atoms with Crippen LogP contribution in [0.2, 0.25) is 0 Å². The normalized spacial score (nSPS) is 10.5. The molecular formula is C19H24O3S. The number of hydrogen-bond acceptors (Lipinski definition) is 4. The van der Waals surface area contributed by atoms with Gasteiger partial charge in [-0.05, 0) is 66.7 Å². The molecule has 0 saturated heterocycles. The molecule has 0 unspecified atom stereocenters. The van der Waals surface area contributed by atoms with Crippen LogP contribution in [0.25, 0.3) is 0 Å². The zero-order chi connectivity index (χ0) is 16.3. The van der Waals surface area contributed by atoms with Crippen molar-refractivity contribution in [2.45, 2.75) is 19.3 Å². The van der Waals surface area contributed by atoms with Crippen LogP contribution in [0.3, 0.4) is 0 Å². The van der Waals surface area contributed by atoms with Crippen molar-refractivity contribution in [3.05, 3.63) is 59.7 Å². The number of rotatable bonds is 10. The quantitative estimate of drug-likeness (QED) is 0.471. The van der Waals surface area contributed by atoms with Crippen molar-refractivity contribution < 1.29 is 13.7 Å². The summed E-state index contributed by atoms with van der Waals surface area (Å²) >= 11 is 1.40. The zero-order valence-electron chi connectivity index (χ0n) is 13.8. The molecule has 0 aromatic heterocycles. The predicted molar refractivity (Wildman–Crippen MR) is 96.4 cm³/mol. The minimum atomic E-state index is 0.719. The molecule has 0 radical (unpaired) electrons. The molecule has 2 aromatic rings. The maximum atomic E-state index is 5.85. The first-order valence-corrected chi connectivity index (χ1v) is 8.97. The molecular weight excluding hydrogens is 308 g/mol. The van der Waals surface area contributed by atoms with Gasteiger partial charge in [-0.3, -0.25) is 0 Å². The third-order valence-corrected chi connectivity index (χ3v) is 3.93. The highest BCUT2D eigenvalue weighted by atomic mass is 32.2. The second-order valence-electron chi connectivity index (χ2n) is 5.19. The molecule has 0 amide bonds. The fraction of sp³-hybridized carbons (Fsp3) is 0.368. The maximum absolute atomic E-state index is 5.85. The zero-order valence-corrected chi connectivity index (χ0v) is 14.6. The second kappa shape index (κ2) is 10.2. The summed E-state index contributed by atoms with van der Waals surface area (Å²) in [5.74, 6) is 1.83. The summed E-state index contributed by atoms with van der Waals surface area (Å²) < 4.78 is 16.3. The molecule has 4 heteroatoms. The molecule has 3 nitrogen and oxygen atoms in total. The van der Waals surface area contributed by atoms with Crippen LogP contribution in [0.15, 0.2) is 48.5 Å². The Morgan fingerprint density at radius 3 is 2.43 bits per heavy atom. The van der Waals surface area contributed by atoms with Crippen molar-refractivity contribution in [3.8, 4) is 11.5 Å². The first kappa shape index (κ1) is 17.7. The van der Waals surface area contributed by atoms with Crippen molar-refractivity contribution >= 4 is 12.0 Å². The van der Waals surface area contributed by atoms with Gasteiger partial charge in [0.05, 0.1) is 20.3 Å². The Morgan fingerprint density at radius 2 is 1.70 bits per heavy atom. The van der Waals surface area contributed by atoms with E-state index in [2.05, 4.69) is 24.3 Å². The van der Waals surface area contributed by atoms with Crippen LogP contribution in [0, 0.1) is 0 Å². The minimum Gasteiger partial charge on any atom is -0.497 e. The third kappa shape index (κ3) is 6.55. The van der Waals surface area contributed by atoms with E-state index in [1.165, 1.54) is 23.2 Å². The van der Waals surface area contributed by atoms with E-state index in [1.54, 1.807) is 7.11 Å². The van der Waals surface area contributed by atoms with E-state index in [0.29, 0.717) is 0 Å². The van der Waals surface area contributed by atoms with Crippen LogP contribution in [-0.4, -0.2) is 26.6 Å². The highest BCUT2D eigenvalue weighted by Crippen LogP contribution is 2.16. The summed E-state index contributed by atoms with van der Waals surface area (Å²) in [4.78, 5) is 0. The van der Waals surface area contributed by atoms with E-state index < -0.39 is 0 Å². The Morgan fingerprint density at radius 1 is 0.870 bits per heavy atom. The van der Waals surface area contributed by atoms with E-state index in [1.807, 2.05) is 30.5 Å². The molecule has 0 saturated carbocycles. The summed E-state index contributed by atoms with van der Waals surface area (Å²) in [6, 6.07) is 16.4. The van der Waals surface area contributed by atoms with E-state index >= 15 is 0 Å². The first-order valence-electron chi connectivity index (χ1n) is 7.82. The predicted octanol–water partition coefficient (Wildman–Crippen LogP) is 4.54. The van der Waals surface area contributed by atoms with Gasteiger partial charge in [0.15, 0.2) is 0 Å². The molecule has 0 aliphatic rings. The molecule has 0 aliphatic carbocycles. The van der Waals surface area contributed by atoms with Gasteiger partial charge in [-0.15, -0.1) is 0 Å². The average molecular weight is 332 g/mol. The van der Waals surface area contributed by atoms with Crippen LogP contribution in [0.5, 0.6) is 11.5 Å². The largest absolute Gasteiger partial charge is 0.497 e. The van der Waals surface area contributed by atoms with E-state index in [4.69, 9.17) is 13.7 Å². The number of ether oxygens (including phenoxy) is 2. The van der Waals surface area contributed by atoms with Crippen molar-refractivity contribution in [3.63, 3.8) is 0 Å². The average Bonchev–Trinajstić information content (AvgIpc) is 2.60. The summed E-state index contributed by atoms with van der Waals surface area (Å²) in [6.45, 7) is 1.44. The monoisotopic (exact) mass is 332 g/mol. The Labute approximate surface area is 143 Å². The van der Waals surface area contributed by atoms with Gasteiger partial charge < -0.3 is 13.7 Å². The van der Waals surface area contributed by atoms with Crippen LogP contribution in [-0.2, 0) is 17.0 Å². The van der Waals surface area contributed by atoms with Gasteiger partial charge in [-0.1, -0.05) is 24.3 Å². The first-order chi connectivity index (χ1) is 11.3. The van der Waals surface area contributed by atoms with Crippen molar-refractivity contribution in [2.75, 3.05) is 26.6 Å². The second-order valence-corrected chi connectivity index (χ2v) is 5.76. The summed E-state index contributed by atoms with van der Waals surface area (Å²) in [7, 11) is 1.68. The van der Waals surface area contributed by atoms with E-state index in [-0.39, 0.29) is 0 Å². The minimum absolute atomic E-state index is 0.719. The molecule has 0 spiro atoms. The Hall–Kier alpha value is -1.65. The van der Waals surface area contributed by atoms with E-state index in [0.717, 1.165) is 44.0 Å². The molecule has 23 heavy (non-hydrogen) atoms. The summed E-state index contributed by atoms with van der Waals surface area (Å²) in [6.07, 6.45) is 4.84. The Balaban J connectivity index is 1.71. The molecule has 0 atom stereocenters. The molecule has 0 N–H and O–H groups in total. The number of methoxy groups -OCH3 is 1. The fourth-order valence-electron chi connectivity index (χ4n) is 2.29. The van der Waals surface area contributed by atoms with Crippen LogP contribution in [0.1, 0.15) is 17.5 Å². The third-order valence-electron chi connectivity index (χ3n) is 3.53. The molecule has 0 aliphatic heterocycles.